The molecule has 0 spiro atoms. The van der Waals surface area contributed by atoms with Crippen molar-refractivity contribution in [3.05, 3.63) is 71.8 Å². The average Bonchev–Trinajstić information content (AvgIpc) is 2.47. The van der Waals surface area contributed by atoms with Crippen LogP contribution in [0.5, 0.6) is 0 Å². The van der Waals surface area contributed by atoms with Gasteiger partial charge in [0.2, 0.25) is 0 Å². The van der Waals surface area contributed by atoms with Crippen LogP contribution >= 0.6 is 0 Å². The minimum atomic E-state index is -0.530. The van der Waals surface area contributed by atoms with Crippen molar-refractivity contribution in [2.45, 2.75) is 11.8 Å². The van der Waals surface area contributed by atoms with Crippen LogP contribution < -0.4 is 0 Å². The highest BCUT2D eigenvalue weighted by molar-refractivity contribution is 5.48. The van der Waals surface area contributed by atoms with E-state index in [1.54, 1.807) is 0 Å². The fraction of sp³-hybridized carbons (Fsp3) is 0.111. The normalized spacial score (nSPS) is 10.3. The predicted molar refractivity (Wildman–Crippen MR) is 75.9 cm³/mol. The summed E-state index contributed by atoms with van der Waals surface area (Å²) in [6, 6.07) is 20.0. The lowest BCUT2D eigenvalue weighted by atomic mass is 9.73. The first kappa shape index (κ1) is 12.0. The summed E-state index contributed by atoms with van der Waals surface area (Å²) in [5.74, 6) is 5.62. The quantitative estimate of drug-likeness (QED) is 0.706. The molecule has 18 heavy (non-hydrogen) atoms. The maximum atomic E-state index is 5.81. The number of hydrogen-bond acceptors (Lipinski definition) is 0. The summed E-state index contributed by atoms with van der Waals surface area (Å²) < 4.78 is 0. The fourth-order valence-electron chi connectivity index (χ4n) is 2.19. The van der Waals surface area contributed by atoms with Crippen LogP contribution in [0.4, 0.5) is 0 Å². The number of terminal acetylenes is 2. The molecule has 0 unspecified atom stereocenters. The second-order valence-electron chi connectivity index (χ2n) is 4.16. The molecule has 0 heterocycles. The summed E-state index contributed by atoms with van der Waals surface area (Å²) in [5.41, 5.74) is 1.60. The molecule has 2 rings (SSSR count). The van der Waals surface area contributed by atoms with Gasteiger partial charge in [-0.3, -0.25) is 0 Å². The maximum Gasteiger partial charge on any atom is 0.0917 e. The zero-order valence-corrected chi connectivity index (χ0v) is 10.1. The molecule has 0 N–H and O–H groups in total. The number of rotatable bonds is 3. The molecule has 0 bridgehead atoms. The molecule has 0 heteroatoms. The largest absolute Gasteiger partial charge is 0.120 e. The first-order valence-electron chi connectivity index (χ1n) is 5.86. The van der Waals surface area contributed by atoms with Crippen molar-refractivity contribution in [1.29, 1.82) is 0 Å². The molecule has 0 saturated carbocycles. The van der Waals surface area contributed by atoms with E-state index in [4.69, 9.17) is 12.8 Å². The smallest absolute Gasteiger partial charge is 0.0917 e. The van der Waals surface area contributed by atoms with E-state index in [-0.39, 0.29) is 0 Å². The Kier molecular flexibility index (Phi) is 3.52. The highest BCUT2D eigenvalue weighted by Crippen LogP contribution is 2.34. The first-order valence-corrected chi connectivity index (χ1v) is 5.86. The lowest BCUT2D eigenvalue weighted by molar-refractivity contribution is 0.693. The topological polar surface area (TPSA) is 0 Å². The van der Waals surface area contributed by atoms with Crippen LogP contribution in [0.2, 0.25) is 0 Å². The van der Waals surface area contributed by atoms with Crippen molar-refractivity contribution < 1.29 is 0 Å². The van der Waals surface area contributed by atoms with Crippen LogP contribution in [0.1, 0.15) is 17.5 Å². The zero-order valence-electron chi connectivity index (χ0n) is 10.1. The Balaban J connectivity index is 2.63. The second-order valence-corrected chi connectivity index (χ2v) is 4.16. The Morgan fingerprint density at radius 2 is 1.22 bits per heavy atom. The van der Waals surface area contributed by atoms with Crippen molar-refractivity contribution in [2.24, 2.45) is 0 Å². The average molecular weight is 230 g/mol. The van der Waals surface area contributed by atoms with Gasteiger partial charge in [0.1, 0.15) is 0 Å². The number of hydrogen-bond donors (Lipinski definition) is 0. The highest BCUT2D eigenvalue weighted by Gasteiger charge is 2.30. The summed E-state index contributed by atoms with van der Waals surface area (Å²) in [4.78, 5) is 0. The van der Waals surface area contributed by atoms with Gasteiger partial charge in [-0.15, -0.1) is 18.8 Å². The molecule has 86 valence electrons. The first-order chi connectivity index (χ1) is 8.83. The van der Waals surface area contributed by atoms with Crippen molar-refractivity contribution in [3.8, 4) is 24.7 Å². The molecule has 0 amide bonds. The van der Waals surface area contributed by atoms with Crippen LogP contribution in [-0.4, -0.2) is 0 Å². The Morgan fingerprint density at radius 3 is 1.56 bits per heavy atom. The second kappa shape index (κ2) is 5.26. The van der Waals surface area contributed by atoms with E-state index in [2.05, 4.69) is 11.8 Å². The van der Waals surface area contributed by atoms with Gasteiger partial charge in [-0.25, -0.2) is 0 Å². The van der Waals surface area contributed by atoms with Gasteiger partial charge in [0.15, 0.2) is 0 Å². The molecule has 0 radical (unpaired) electrons. The maximum absolute atomic E-state index is 5.81. The monoisotopic (exact) mass is 230 g/mol. The molecule has 2 aromatic rings. The van der Waals surface area contributed by atoms with E-state index in [0.29, 0.717) is 6.42 Å². The van der Waals surface area contributed by atoms with E-state index in [1.165, 1.54) is 0 Å². The summed E-state index contributed by atoms with van der Waals surface area (Å²) in [7, 11) is 0. The van der Waals surface area contributed by atoms with Crippen molar-refractivity contribution in [2.75, 3.05) is 0 Å². The van der Waals surface area contributed by atoms with Gasteiger partial charge < -0.3 is 0 Å². The van der Waals surface area contributed by atoms with Gasteiger partial charge in [0.25, 0.3) is 0 Å². The minimum absolute atomic E-state index is 0.498. The van der Waals surface area contributed by atoms with Crippen molar-refractivity contribution in [3.63, 3.8) is 0 Å². The Morgan fingerprint density at radius 1 is 0.778 bits per heavy atom. The molecule has 2 aromatic carbocycles. The molecule has 0 nitrogen and oxygen atoms in total. The third-order valence-electron chi connectivity index (χ3n) is 3.15. The zero-order chi connectivity index (χ0) is 12.8. The van der Waals surface area contributed by atoms with Crippen LogP contribution in [0.3, 0.4) is 0 Å². The van der Waals surface area contributed by atoms with Gasteiger partial charge >= 0.3 is 0 Å². The molecule has 0 aromatic heterocycles. The third kappa shape index (κ3) is 2.02. The van der Waals surface area contributed by atoms with Crippen molar-refractivity contribution in [1.82, 2.24) is 0 Å². The number of benzene rings is 2. The van der Waals surface area contributed by atoms with E-state index in [0.717, 1.165) is 11.1 Å². The van der Waals surface area contributed by atoms with Crippen LogP contribution in [0, 0.1) is 24.7 Å². The molecule has 0 aliphatic heterocycles. The predicted octanol–water partition coefficient (Wildman–Crippen LogP) is 3.63. The molecular formula is C18H14. The molecule has 0 atom stereocenters. The van der Waals surface area contributed by atoms with Gasteiger partial charge in [-0.2, -0.15) is 0 Å². The van der Waals surface area contributed by atoms with E-state index >= 15 is 0 Å². The fourth-order valence-corrected chi connectivity index (χ4v) is 2.19. The van der Waals surface area contributed by atoms with Gasteiger partial charge in [0, 0.05) is 6.42 Å². The van der Waals surface area contributed by atoms with Gasteiger partial charge in [-0.1, -0.05) is 66.6 Å². The van der Waals surface area contributed by atoms with Crippen LogP contribution in [0.25, 0.3) is 0 Å². The summed E-state index contributed by atoms with van der Waals surface area (Å²) in [6.07, 6.45) is 11.8. The SMILES string of the molecule is C#CCC(C#C)(c1ccccc1)c1ccccc1. The van der Waals surface area contributed by atoms with Gasteiger partial charge in [0.05, 0.1) is 5.41 Å². The summed E-state index contributed by atoms with van der Waals surface area (Å²) >= 11 is 0. The van der Waals surface area contributed by atoms with E-state index < -0.39 is 5.41 Å². The Hall–Kier alpha value is -2.44. The molecule has 0 aliphatic rings. The standard InChI is InChI=1S/C18H14/c1-3-15-18(4-2,16-11-7-5-8-12-16)17-13-9-6-10-14-17/h1-2,5-14H,15H2. The van der Waals surface area contributed by atoms with Crippen LogP contribution in [0.15, 0.2) is 60.7 Å². The van der Waals surface area contributed by atoms with Crippen LogP contribution in [-0.2, 0) is 5.41 Å². The summed E-state index contributed by atoms with van der Waals surface area (Å²) in [5, 5.41) is 0. The third-order valence-corrected chi connectivity index (χ3v) is 3.15. The van der Waals surface area contributed by atoms with E-state index in [1.807, 2.05) is 60.7 Å². The Bertz CT molecular complexity index is 540. The Labute approximate surface area is 109 Å². The van der Waals surface area contributed by atoms with E-state index in [9.17, 15) is 0 Å². The van der Waals surface area contributed by atoms with Crippen molar-refractivity contribution >= 4 is 0 Å². The minimum Gasteiger partial charge on any atom is -0.120 e. The molecule has 0 aliphatic carbocycles. The lowest BCUT2D eigenvalue weighted by Gasteiger charge is -2.27. The summed E-state index contributed by atoms with van der Waals surface area (Å²) in [6.45, 7) is 0. The lowest BCUT2D eigenvalue weighted by Crippen LogP contribution is -2.25. The highest BCUT2D eigenvalue weighted by atomic mass is 14.3. The molecule has 0 saturated heterocycles. The molecule has 0 fully saturated rings. The van der Waals surface area contributed by atoms with Gasteiger partial charge in [-0.05, 0) is 11.1 Å². The molecular weight excluding hydrogens is 216 g/mol.